The van der Waals surface area contributed by atoms with Gasteiger partial charge in [-0.25, -0.2) is 0 Å². The maximum absolute atomic E-state index is 12.6. The number of rotatable bonds is 20. The number of carbonyl (C=O) groups is 1. The Morgan fingerprint density at radius 2 is 1.46 bits per heavy atom. The van der Waals surface area contributed by atoms with Crippen LogP contribution in [0.5, 0.6) is 11.5 Å². The molecule has 0 fully saturated rings. The van der Waals surface area contributed by atoms with Crippen LogP contribution in [0.4, 0.5) is 0 Å². The van der Waals surface area contributed by atoms with Crippen LogP contribution in [0, 0.1) is 5.92 Å². The first-order chi connectivity index (χ1) is 19.9. The number of allylic oxidation sites excluding steroid dienone is 1. The van der Waals surface area contributed by atoms with Gasteiger partial charge in [0.1, 0.15) is 23.7 Å². The zero-order valence-electron chi connectivity index (χ0n) is 26.9. The molecule has 1 N–H and O–H groups in total. The third-order valence-electron chi connectivity index (χ3n) is 9.40. The van der Waals surface area contributed by atoms with Crippen molar-refractivity contribution in [1.29, 1.82) is 0 Å². The maximum atomic E-state index is 12.6. The van der Waals surface area contributed by atoms with E-state index in [1.807, 2.05) is 6.07 Å². The maximum Gasteiger partial charge on any atom is 0.306 e. The normalized spacial score (nSPS) is 19.2. The number of unbranched alkanes of at least 4 members (excludes halogenated alkanes) is 14. The van der Waals surface area contributed by atoms with E-state index >= 15 is 0 Å². The first-order valence-electron chi connectivity index (χ1n) is 17.3. The molecule has 0 unspecified atom stereocenters. The van der Waals surface area contributed by atoms with Crippen LogP contribution in [0.3, 0.4) is 0 Å². The van der Waals surface area contributed by atoms with Crippen molar-refractivity contribution in [1.82, 2.24) is 0 Å². The fourth-order valence-corrected chi connectivity index (χ4v) is 6.95. The topological polar surface area (TPSA) is 55.8 Å². The number of phenolic OH excluding ortho intramolecular Hbond substituents is 1. The van der Waals surface area contributed by atoms with Gasteiger partial charge in [0.2, 0.25) is 0 Å². The van der Waals surface area contributed by atoms with Crippen molar-refractivity contribution in [3.63, 3.8) is 0 Å². The molecule has 0 bridgehead atoms. The van der Waals surface area contributed by atoms with Crippen molar-refractivity contribution in [2.75, 3.05) is 6.61 Å². The summed E-state index contributed by atoms with van der Waals surface area (Å²) in [5.74, 6) is 1.29. The summed E-state index contributed by atoms with van der Waals surface area (Å²) in [6, 6.07) is 4.07. The Hall–Kier alpha value is -1.97. The van der Waals surface area contributed by atoms with Crippen molar-refractivity contribution in [2.24, 2.45) is 5.92 Å². The van der Waals surface area contributed by atoms with E-state index in [0.29, 0.717) is 18.8 Å². The van der Waals surface area contributed by atoms with Crippen LogP contribution >= 0.6 is 0 Å². The molecule has 232 valence electrons. The lowest BCUT2D eigenvalue weighted by Gasteiger charge is -2.47. The molecule has 0 aromatic heterocycles. The van der Waals surface area contributed by atoms with Gasteiger partial charge in [-0.2, -0.15) is 0 Å². The second-order valence-electron chi connectivity index (χ2n) is 13.3. The van der Waals surface area contributed by atoms with E-state index in [2.05, 4.69) is 39.8 Å². The number of hydrogen-bond acceptors (Lipinski definition) is 4. The van der Waals surface area contributed by atoms with Crippen molar-refractivity contribution in [3.05, 3.63) is 34.9 Å². The number of aromatic hydroxyl groups is 1. The van der Waals surface area contributed by atoms with E-state index in [-0.39, 0.29) is 23.4 Å². The smallest absolute Gasteiger partial charge is 0.306 e. The molecule has 1 aliphatic carbocycles. The number of esters is 1. The molecule has 0 amide bonds. The van der Waals surface area contributed by atoms with Gasteiger partial charge in [-0.3, -0.25) is 4.79 Å². The van der Waals surface area contributed by atoms with E-state index in [9.17, 15) is 9.90 Å². The molecule has 4 nitrogen and oxygen atoms in total. The fourth-order valence-electron chi connectivity index (χ4n) is 6.95. The van der Waals surface area contributed by atoms with E-state index in [1.165, 1.54) is 83.5 Å². The Morgan fingerprint density at radius 3 is 2.10 bits per heavy atom. The lowest BCUT2D eigenvalue weighted by molar-refractivity contribution is -0.143. The number of hydrogen-bond donors (Lipinski definition) is 1. The third-order valence-corrected chi connectivity index (χ3v) is 9.40. The first-order valence-corrected chi connectivity index (χ1v) is 17.3. The van der Waals surface area contributed by atoms with Crippen LogP contribution < -0.4 is 4.74 Å². The molecule has 0 radical (unpaired) electrons. The Labute approximate surface area is 251 Å². The monoisotopic (exact) mass is 568 g/mol. The van der Waals surface area contributed by atoms with Crippen LogP contribution in [-0.4, -0.2) is 23.3 Å². The Balaban J connectivity index is 1.42. The summed E-state index contributed by atoms with van der Waals surface area (Å²) in [7, 11) is 0. The van der Waals surface area contributed by atoms with Crippen molar-refractivity contribution in [3.8, 4) is 11.5 Å². The molecule has 2 aliphatic rings. The minimum absolute atomic E-state index is 0.0244. The summed E-state index contributed by atoms with van der Waals surface area (Å²) in [4.78, 5) is 12.6. The highest BCUT2D eigenvalue weighted by Crippen LogP contribution is 2.55. The quantitative estimate of drug-likeness (QED) is 0.0965. The average Bonchev–Trinajstić information content (AvgIpc) is 2.94. The zero-order valence-corrected chi connectivity index (χ0v) is 26.9. The molecule has 2 atom stereocenters. The predicted molar refractivity (Wildman–Crippen MR) is 171 cm³/mol. The fraction of sp³-hybridized carbons (Fsp3) is 0.757. The van der Waals surface area contributed by atoms with Crippen LogP contribution in [0.25, 0.3) is 0 Å². The summed E-state index contributed by atoms with van der Waals surface area (Å²) in [6.45, 7) is 9.12. The largest absolute Gasteiger partial charge is 0.507 e. The summed E-state index contributed by atoms with van der Waals surface area (Å²) in [5, 5.41) is 11.2. The number of phenols is 1. The highest BCUT2D eigenvalue weighted by Gasteiger charge is 2.47. The summed E-state index contributed by atoms with van der Waals surface area (Å²) < 4.78 is 12.3. The minimum Gasteiger partial charge on any atom is -0.507 e. The minimum atomic E-state index is -0.343. The summed E-state index contributed by atoms with van der Waals surface area (Å²) in [5.41, 5.74) is 2.79. The van der Waals surface area contributed by atoms with Crippen molar-refractivity contribution >= 4 is 5.97 Å². The lowest BCUT2D eigenvalue weighted by atomic mass is 9.66. The van der Waals surface area contributed by atoms with Gasteiger partial charge in [0.25, 0.3) is 0 Å². The third kappa shape index (κ3) is 10.7. The average molecular weight is 569 g/mol. The lowest BCUT2D eigenvalue weighted by Crippen LogP contribution is -2.46. The number of fused-ring (bicyclic) bond motifs is 3. The summed E-state index contributed by atoms with van der Waals surface area (Å²) >= 11 is 0. The molecule has 1 aliphatic heterocycles. The molecule has 1 aromatic rings. The number of ether oxygens (including phenoxy) is 2. The molecule has 1 aromatic carbocycles. The highest BCUT2D eigenvalue weighted by molar-refractivity contribution is 5.69. The van der Waals surface area contributed by atoms with Crippen molar-refractivity contribution in [2.45, 2.75) is 168 Å². The second kappa shape index (κ2) is 17.9. The second-order valence-corrected chi connectivity index (χ2v) is 13.3. The number of carbonyl (C=O) groups excluding carboxylic acids is 1. The summed E-state index contributed by atoms with van der Waals surface area (Å²) in [6.07, 6.45) is 26.0. The van der Waals surface area contributed by atoms with Gasteiger partial charge in [-0.05, 0) is 69.2 Å². The van der Waals surface area contributed by atoms with Crippen LogP contribution in [0.1, 0.15) is 167 Å². The highest BCUT2D eigenvalue weighted by atomic mass is 16.5. The molecule has 4 heteroatoms. The molecular formula is C37H60O4. The van der Waals surface area contributed by atoms with Crippen LogP contribution in [0.2, 0.25) is 0 Å². The molecule has 0 spiro atoms. The zero-order chi connectivity index (χ0) is 29.5. The molecule has 41 heavy (non-hydrogen) atoms. The Morgan fingerprint density at radius 1 is 0.878 bits per heavy atom. The van der Waals surface area contributed by atoms with Gasteiger partial charge in [0.15, 0.2) is 0 Å². The van der Waals surface area contributed by atoms with Gasteiger partial charge in [0, 0.05) is 23.8 Å². The molecular weight excluding hydrogens is 508 g/mol. The molecule has 0 saturated carbocycles. The van der Waals surface area contributed by atoms with Gasteiger partial charge >= 0.3 is 5.97 Å². The van der Waals surface area contributed by atoms with E-state index in [1.54, 1.807) is 0 Å². The number of aryl methyl sites for hydroxylation is 1. The van der Waals surface area contributed by atoms with Gasteiger partial charge in [-0.15, -0.1) is 0 Å². The van der Waals surface area contributed by atoms with Crippen LogP contribution in [-0.2, 0) is 16.0 Å². The molecule has 3 rings (SSSR count). The predicted octanol–water partition coefficient (Wildman–Crippen LogP) is 10.7. The van der Waals surface area contributed by atoms with E-state index in [4.69, 9.17) is 9.47 Å². The SMILES string of the molecule is CCCCCCCCCCCCCCCC(=O)OCC1=CCC[C@@H]2[C@@H]1c1c(O)cc(CCCCC)cc1OC2(C)C. The van der Waals surface area contributed by atoms with Crippen molar-refractivity contribution < 1.29 is 19.4 Å². The Kier molecular flexibility index (Phi) is 14.6. The standard InChI is InChI=1S/C37H60O4/c1-5-7-9-10-11-12-13-14-15-16-17-18-20-25-34(39)40-28-30-23-21-24-31-35(30)36-32(38)26-29(22-19-8-6-2)27-33(36)41-37(31,3)4/h23,26-27,31,35,38H,5-22,24-25,28H2,1-4H3/t31-,35-/m1/s1. The van der Waals surface area contributed by atoms with Gasteiger partial charge in [-0.1, -0.05) is 110 Å². The Bertz CT molecular complexity index is 947. The first kappa shape index (κ1) is 33.5. The number of benzene rings is 1. The molecule has 1 heterocycles. The van der Waals surface area contributed by atoms with Crippen LogP contribution in [0.15, 0.2) is 23.8 Å². The van der Waals surface area contributed by atoms with Gasteiger partial charge in [0.05, 0.1) is 0 Å². The van der Waals surface area contributed by atoms with E-state index < -0.39 is 0 Å². The molecule has 0 saturated heterocycles. The van der Waals surface area contributed by atoms with E-state index in [0.717, 1.165) is 61.0 Å². The van der Waals surface area contributed by atoms with Gasteiger partial charge < -0.3 is 14.6 Å².